The van der Waals surface area contributed by atoms with E-state index in [0.29, 0.717) is 0 Å². The monoisotopic (exact) mass is 218 g/mol. The topological polar surface area (TPSA) is 51.5 Å². The van der Waals surface area contributed by atoms with Gasteiger partial charge in [-0.25, -0.2) is 9.78 Å². The molecule has 1 rings (SSSR count). The van der Waals surface area contributed by atoms with E-state index in [0.717, 1.165) is 6.20 Å². The quantitative estimate of drug-likeness (QED) is 0.575. The molecule has 0 amide bonds. The van der Waals surface area contributed by atoms with E-state index in [1.54, 1.807) is 0 Å². The molecule has 0 aliphatic rings. The molecule has 15 heavy (non-hydrogen) atoms. The first kappa shape index (κ1) is 11.2. The van der Waals surface area contributed by atoms with Crippen LogP contribution in [0.3, 0.4) is 0 Å². The third kappa shape index (κ3) is 4.24. The Labute approximate surface area is 82.4 Å². The molecule has 0 unspecified atom stereocenters. The van der Waals surface area contributed by atoms with Crippen molar-refractivity contribution >= 4 is 11.8 Å². The number of aliphatic imine (C=N–C) groups is 1. The van der Waals surface area contributed by atoms with Gasteiger partial charge >= 0.3 is 6.18 Å². The van der Waals surface area contributed by atoms with E-state index in [1.807, 2.05) is 0 Å². The summed E-state index contributed by atoms with van der Waals surface area (Å²) in [5, 5.41) is 0. The molecule has 1 heterocycles. The molecule has 0 aromatic carbocycles. The Morgan fingerprint density at radius 2 is 2.20 bits per heavy atom. The minimum absolute atomic E-state index is 0.183. The van der Waals surface area contributed by atoms with E-state index < -0.39 is 12.8 Å². The van der Waals surface area contributed by atoms with Crippen LogP contribution in [0.15, 0.2) is 23.3 Å². The Morgan fingerprint density at radius 1 is 1.47 bits per heavy atom. The lowest BCUT2D eigenvalue weighted by molar-refractivity contribution is -0.154. The third-order valence-corrected chi connectivity index (χ3v) is 1.28. The van der Waals surface area contributed by atoms with Crippen LogP contribution in [-0.4, -0.2) is 23.8 Å². The molecule has 0 aliphatic carbocycles. The van der Waals surface area contributed by atoms with Crippen molar-refractivity contribution in [3.63, 3.8) is 0 Å². The minimum atomic E-state index is -4.40. The maximum atomic E-state index is 11.7. The van der Waals surface area contributed by atoms with Gasteiger partial charge in [-0.1, -0.05) is 0 Å². The van der Waals surface area contributed by atoms with Crippen molar-refractivity contribution in [3.8, 4) is 5.88 Å². The Bertz CT molecular complexity index is 368. The van der Waals surface area contributed by atoms with Crippen LogP contribution in [0, 0.1) is 0 Å². The molecule has 0 radical (unpaired) electrons. The summed E-state index contributed by atoms with van der Waals surface area (Å²) in [6, 6.07) is 2.48. The summed E-state index contributed by atoms with van der Waals surface area (Å²) < 4.78 is 39.5. The van der Waals surface area contributed by atoms with Gasteiger partial charge in [-0.2, -0.15) is 18.2 Å². The Morgan fingerprint density at radius 3 is 2.67 bits per heavy atom. The van der Waals surface area contributed by atoms with Crippen LogP contribution in [0.2, 0.25) is 0 Å². The number of carbonyl (C=O) groups excluding carboxylic acids is 1. The molecule has 0 aliphatic heterocycles. The van der Waals surface area contributed by atoms with Crippen molar-refractivity contribution in [2.75, 3.05) is 6.61 Å². The van der Waals surface area contributed by atoms with Crippen molar-refractivity contribution in [2.45, 2.75) is 6.18 Å². The lowest BCUT2D eigenvalue weighted by atomic mass is 10.4. The molecule has 0 spiro atoms. The number of pyridine rings is 1. The largest absolute Gasteiger partial charge is 0.468 e. The van der Waals surface area contributed by atoms with Crippen LogP contribution in [0.1, 0.15) is 0 Å². The predicted molar refractivity (Wildman–Crippen MR) is 43.6 cm³/mol. The summed E-state index contributed by atoms with van der Waals surface area (Å²) in [6.45, 7) is -1.41. The normalized spacial score (nSPS) is 10.6. The van der Waals surface area contributed by atoms with Crippen LogP contribution < -0.4 is 4.74 Å². The summed E-state index contributed by atoms with van der Waals surface area (Å²) in [6.07, 6.45) is -2.02. The van der Waals surface area contributed by atoms with Crippen LogP contribution in [-0.2, 0) is 4.79 Å². The van der Waals surface area contributed by atoms with Crippen LogP contribution in [0.25, 0.3) is 0 Å². The Kier molecular flexibility index (Phi) is 3.41. The van der Waals surface area contributed by atoms with Gasteiger partial charge in [0.1, 0.15) is 0 Å². The lowest BCUT2D eigenvalue weighted by Gasteiger charge is -2.07. The first-order chi connectivity index (χ1) is 7.01. The van der Waals surface area contributed by atoms with Crippen molar-refractivity contribution in [3.05, 3.63) is 18.3 Å². The summed E-state index contributed by atoms with van der Waals surface area (Å²) >= 11 is 0. The molecule has 0 saturated carbocycles. The van der Waals surface area contributed by atoms with Gasteiger partial charge in [0.2, 0.25) is 12.0 Å². The van der Waals surface area contributed by atoms with Gasteiger partial charge in [0.25, 0.3) is 0 Å². The standard InChI is InChI=1S/C8H5F3N2O2/c9-8(10,11)4-15-7-2-1-6(3-12-7)13-5-14/h1-3H,4H2. The van der Waals surface area contributed by atoms with Crippen LogP contribution >= 0.6 is 0 Å². The van der Waals surface area contributed by atoms with E-state index in [-0.39, 0.29) is 11.6 Å². The first-order valence-corrected chi connectivity index (χ1v) is 3.75. The molecule has 0 bridgehead atoms. The molecule has 1 aromatic heterocycles. The molecule has 0 saturated heterocycles. The van der Waals surface area contributed by atoms with Crippen LogP contribution in [0.4, 0.5) is 18.9 Å². The number of nitrogens with zero attached hydrogens (tertiary/aromatic N) is 2. The zero-order chi connectivity index (χ0) is 11.3. The van der Waals surface area contributed by atoms with E-state index in [4.69, 9.17) is 0 Å². The minimum Gasteiger partial charge on any atom is -0.468 e. The number of alkyl halides is 3. The second-order valence-corrected chi connectivity index (χ2v) is 2.46. The summed E-state index contributed by atoms with van der Waals surface area (Å²) in [5.41, 5.74) is 0.198. The highest BCUT2D eigenvalue weighted by atomic mass is 19.4. The van der Waals surface area contributed by atoms with Crippen LogP contribution in [0.5, 0.6) is 5.88 Å². The molecule has 1 aromatic rings. The van der Waals surface area contributed by atoms with Crippen molar-refractivity contribution < 1.29 is 22.7 Å². The van der Waals surface area contributed by atoms with Gasteiger partial charge in [0, 0.05) is 6.07 Å². The molecule has 0 atom stereocenters. The van der Waals surface area contributed by atoms with Gasteiger partial charge in [-0.15, -0.1) is 0 Å². The number of rotatable bonds is 3. The first-order valence-electron chi connectivity index (χ1n) is 3.75. The molecule has 7 heteroatoms. The molecular formula is C8H5F3N2O2. The molecule has 0 N–H and O–H groups in total. The second kappa shape index (κ2) is 4.56. The maximum Gasteiger partial charge on any atom is 0.422 e. The highest BCUT2D eigenvalue weighted by molar-refractivity contribution is 5.47. The second-order valence-electron chi connectivity index (χ2n) is 2.46. The fourth-order valence-electron chi connectivity index (χ4n) is 0.732. The fraction of sp³-hybridized carbons (Fsp3) is 0.250. The average molecular weight is 218 g/mol. The number of halogens is 3. The van der Waals surface area contributed by atoms with Crippen molar-refractivity contribution in [1.82, 2.24) is 4.98 Å². The van der Waals surface area contributed by atoms with Gasteiger partial charge in [0.15, 0.2) is 6.61 Å². The van der Waals surface area contributed by atoms with E-state index in [2.05, 4.69) is 14.7 Å². The SMILES string of the molecule is O=C=Nc1ccc(OCC(F)(F)F)nc1. The predicted octanol–water partition coefficient (Wildman–Crippen LogP) is 1.99. The van der Waals surface area contributed by atoms with Crippen molar-refractivity contribution in [1.29, 1.82) is 0 Å². The highest BCUT2D eigenvalue weighted by Gasteiger charge is 2.28. The summed E-state index contributed by atoms with van der Waals surface area (Å²) in [5.74, 6) is -0.183. The number of hydrogen-bond acceptors (Lipinski definition) is 4. The number of ether oxygens (including phenoxy) is 1. The van der Waals surface area contributed by atoms with Crippen molar-refractivity contribution in [2.24, 2.45) is 4.99 Å². The smallest absolute Gasteiger partial charge is 0.422 e. The van der Waals surface area contributed by atoms with Gasteiger partial charge in [0.05, 0.1) is 11.9 Å². The molecule has 80 valence electrons. The maximum absolute atomic E-state index is 11.7. The zero-order valence-electron chi connectivity index (χ0n) is 7.28. The number of hydrogen-bond donors (Lipinski definition) is 0. The van der Waals surface area contributed by atoms with Gasteiger partial charge in [-0.05, 0) is 6.07 Å². The van der Waals surface area contributed by atoms with E-state index >= 15 is 0 Å². The summed E-state index contributed by atoms with van der Waals surface area (Å²) in [7, 11) is 0. The van der Waals surface area contributed by atoms with Gasteiger partial charge < -0.3 is 4.74 Å². The van der Waals surface area contributed by atoms with Gasteiger partial charge in [-0.3, -0.25) is 0 Å². The number of isocyanates is 1. The third-order valence-electron chi connectivity index (χ3n) is 1.28. The average Bonchev–Trinajstić information content (AvgIpc) is 2.16. The fourth-order valence-corrected chi connectivity index (χ4v) is 0.732. The summed E-state index contributed by atoms with van der Waals surface area (Å²) in [4.78, 5) is 16.5. The molecule has 4 nitrogen and oxygen atoms in total. The Balaban J connectivity index is 2.61. The van der Waals surface area contributed by atoms with E-state index in [9.17, 15) is 18.0 Å². The molecule has 0 fully saturated rings. The zero-order valence-corrected chi connectivity index (χ0v) is 7.28. The highest BCUT2D eigenvalue weighted by Crippen LogP contribution is 2.18. The number of aromatic nitrogens is 1. The Hall–Kier alpha value is -1.88. The lowest BCUT2D eigenvalue weighted by Crippen LogP contribution is -2.19. The van der Waals surface area contributed by atoms with E-state index in [1.165, 1.54) is 18.2 Å². The molecular weight excluding hydrogens is 213 g/mol.